The summed E-state index contributed by atoms with van der Waals surface area (Å²) in [6, 6.07) is 12.8. The van der Waals surface area contributed by atoms with Gasteiger partial charge in [0, 0.05) is 22.4 Å². The largest absolute Gasteiger partial charge is 0.376 e. The fraction of sp³-hybridized carbons (Fsp3) is 0.263. The molecule has 2 amide bonds. The molecule has 0 aromatic heterocycles. The molecule has 1 saturated carbocycles. The minimum Gasteiger partial charge on any atom is -0.376 e. The van der Waals surface area contributed by atoms with Crippen molar-refractivity contribution in [3.8, 4) is 0 Å². The third-order valence-electron chi connectivity index (χ3n) is 4.07. The molecule has 0 heterocycles. The van der Waals surface area contributed by atoms with E-state index in [0.717, 1.165) is 18.4 Å². The van der Waals surface area contributed by atoms with Gasteiger partial charge in [-0.25, -0.2) is 0 Å². The molecule has 5 nitrogen and oxygen atoms in total. The number of hydrogen-bond acceptors (Lipinski definition) is 3. The lowest BCUT2D eigenvalue weighted by Gasteiger charge is -2.13. The van der Waals surface area contributed by atoms with Crippen LogP contribution in [0.5, 0.6) is 0 Å². The molecule has 2 aromatic rings. The predicted octanol–water partition coefficient (Wildman–Crippen LogP) is 3.59. The summed E-state index contributed by atoms with van der Waals surface area (Å²) in [5.41, 5.74) is 2.68. The maximum absolute atomic E-state index is 12.3. The molecule has 1 aliphatic carbocycles. The molecule has 0 unspecified atom stereocenters. The van der Waals surface area contributed by atoms with Gasteiger partial charge >= 0.3 is 0 Å². The highest BCUT2D eigenvalue weighted by Crippen LogP contribution is 2.23. The molecule has 25 heavy (non-hydrogen) atoms. The fourth-order valence-corrected chi connectivity index (χ4v) is 2.61. The highest BCUT2D eigenvalue weighted by atomic mass is 35.5. The molecule has 3 N–H and O–H groups in total. The van der Waals surface area contributed by atoms with Gasteiger partial charge in [-0.05, 0) is 49.6 Å². The predicted molar refractivity (Wildman–Crippen MR) is 100 cm³/mol. The van der Waals surface area contributed by atoms with Crippen LogP contribution < -0.4 is 16.0 Å². The first-order valence-corrected chi connectivity index (χ1v) is 8.61. The lowest BCUT2D eigenvalue weighted by molar-refractivity contribution is -0.114. The zero-order valence-electron chi connectivity index (χ0n) is 13.9. The molecule has 0 bridgehead atoms. The number of hydrogen-bond donors (Lipinski definition) is 3. The molecule has 0 atom stereocenters. The first kappa shape index (κ1) is 17.3. The van der Waals surface area contributed by atoms with Crippen molar-refractivity contribution < 1.29 is 9.59 Å². The van der Waals surface area contributed by atoms with Crippen LogP contribution in [0.1, 0.15) is 28.8 Å². The zero-order chi connectivity index (χ0) is 17.8. The Hall–Kier alpha value is -2.53. The van der Waals surface area contributed by atoms with E-state index in [1.54, 1.807) is 30.3 Å². The van der Waals surface area contributed by atoms with Gasteiger partial charge in [-0.1, -0.05) is 29.8 Å². The van der Waals surface area contributed by atoms with Gasteiger partial charge in [-0.15, -0.1) is 0 Å². The smallest absolute Gasteiger partial charge is 0.253 e. The number of anilines is 2. The highest BCUT2D eigenvalue weighted by molar-refractivity contribution is 6.31. The maximum Gasteiger partial charge on any atom is 0.253 e. The summed E-state index contributed by atoms with van der Waals surface area (Å²) in [4.78, 5) is 24.5. The van der Waals surface area contributed by atoms with Crippen molar-refractivity contribution in [1.82, 2.24) is 5.32 Å². The molecular formula is C19H20ClN3O2. The Kier molecular flexibility index (Phi) is 5.24. The summed E-state index contributed by atoms with van der Waals surface area (Å²) in [5, 5.41) is 9.42. The molecule has 2 aromatic carbocycles. The molecule has 0 saturated heterocycles. The van der Waals surface area contributed by atoms with E-state index < -0.39 is 0 Å². The maximum atomic E-state index is 12.3. The van der Waals surface area contributed by atoms with E-state index in [2.05, 4.69) is 16.0 Å². The fourth-order valence-electron chi connectivity index (χ4n) is 2.44. The Morgan fingerprint density at radius 3 is 2.56 bits per heavy atom. The third kappa shape index (κ3) is 4.51. The minimum atomic E-state index is -0.206. The molecule has 0 aliphatic heterocycles. The van der Waals surface area contributed by atoms with Crippen LogP contribution in [0.2, 0.25) is 5.02 Å². The summed E-state index contributed by atoms with van der Waals surface area (Å²) in [6.45, 7) is 1.91. The molecule has 130 valence electrons. The number of carbonyl (C=O) groups excluding carboxylic acids is 2. The van der Waals surface area contributed by atoms with Crippen molar-refractivity contribution >= 4 is 34.8 Å². The van der Waals surface area contributed by atoms with Crippen LogP contribution in [0.3, 0.4) is 0 Å². The number of carbonyl (C=O) groups is 2. The number of rotatable bonds is 6. The van der Waals surface area contributed by atoms with E-state index in [1.165, 1.54) is 0 Å². The number of benzene rings is 2. The van der Waals surface area contributed by atoms with Crippen molar-refractivity contribution in [1.29, 1.82) is 0 Å². The van der Waals surface area contributed by atoms with Crippen molar-refractivity contribution in [3.05, 3.63) is 58.6 Å². The van der Waals surface area contributed by atoms with Crippen molar-refractivity contribution in [2.24, 2.45) is 0 Å². The molecule has 3 rings (SSSR count). The van der Waals surface area contributed by atoms with E-state index in [-0.39, 0.29) is 24.4 Å². The van der Waals surface area contributed by atoms with Crippen LogP contribution in [0.15, 0.2) is 42.5 Å². The van der Waals surface area contributed by atoms with E-state index in [9.17, 15) is 9.59 Å². The van der Waals surface area contributed by atoms with Gasteiger partial charge in [0.05, 0.1) is 12.1 Å². The number of para-hydroxylation sites is 1. The monoisotopic (exact) mass is 357 g/mol. The average molecular weight is 358 g/mol. The second-order valence-corrected chi connectivity index (χ2v) is 6.51. The quantitative estimate of drug-likeness (QED) is 0.740. The van der Waals surface area contributed by atoms with Crippen LogP contribution in [-0.4, -0.2) is 24.4 Å². The zero-order valence-corrected chi connectivity index (χ0v) is 14.7. The molecule has 0 radical (unpaired) electrons. The van der Waals surface area contributed by atoms with Crippen molar-refractivity contribution in [2.45, 2.75) is 25.8 Å². The summed E-state index contributed by atoms with van der Waals surface area (Å²) < 4.78 is 0. The van der Waals surface area contributed by atoms with E-state index in [1.807, 2.05) is 19.1 Å². The van der Waals surface area contributed by atoms with Gasteiger partial charge in [-0.2, -0.15) is 0 Å². The lowest BCUT2D eigenvalue weighted by atomic mass is 10.1. The molecular weight excluding hydrogens is 338 g/mol. The first-order chi connectivity index (χ1) is 12.0. The number of amides is 2. The van der Waals surface area contributed by atoms with Gasteiger partial charge in [0.15, 0.2) is 0 Å². The molecule has 6 heteroatoms. The lowest BCUT2D eigenvalue weighted by Crippen LogP contribution is -2.27. The topological polar surface area (TPSA) is 70.2 Å². The number of halogens is 1. The van der Waals surface area contributed by atoms with Crippen LogP contribution in [-0.2, 0) is 4.79 Å². The van der Waals surface area contributed by atoms with Crippen LogP contribution in [0.25, 0.3) is 0 Å². The van der Waals surface area contributed by atoms with Crippen LogP contribution >= 0.6 is 11.6 Å². The van der Waals surface area contributed by atoms with Gasteiger partial charge < -0.3 is 16.0 Å². The second kappa shape index (κ2) is 7.57. The van der Waals surface area contributed by atoms with Crippen molar-refractivity contribution in [3.63, 3.8) is 0 Å². The Morgan fingerprint density at radius 2 is 1.80 bits per heavy atom. The highest BCUT2D eigenvalue weighted by Gasteiger charge is 2.24. The summed E-state index contributed by atoms with van der Waals surface area (Å²) in [5.74, 6) is -0.320. The van der Waals surface area contributed by atoms with Gasteiger partial charge in [-0.3, -0.25) is 9.59 Å². The average Bonchev–Trinajstić information content (AvgIpc) is 3.41. The molecule has 0 spiro atoms. The first-order valence-electron chi connectivity index (χ1n) is 8.23. The Morgan fingerprint density at radius 1 is 1.08 bits per heavy atom. The van der Waals surface area contributed by atoms with Crippen LogP contribution in [0.4, 0.5) is 11.4 Å². The summed E-state index contributed by atoms with van der Waals surface area (Å²) in [6.07, 6.45) is 2.06. The van der Waals surface area contributed by atoms with Gasteiger partial charge in [0.2, 0.25) is 5.91 Å². The van der Waals surface area contributed by atoms with Crippen molar-refractivity contribution in [2.75, 3.05) is 17.2 Å². The summed E-state index contributed by atoms with van der Waals surface area (Å²) >= 11 is 6.06. The Bertz CT molecular complexity index is 803. The Labute approximate surface area is 151 Å². The Balaban J connectivity index is 1.62. The van der Waals surface area contributed by atoms with Crippen LogP contribution in [0, 0.1) is 6.92 Å². The molecule has 1 fully saturated rings. The van der Waals surface area contributed by atoms with E-state index in [4.69, 9.17) is 11.6 Å². The SMILES string of the molecule is Cc1c(Cl)cccc1NC(=O)CNc1ccccc1C(=O)NC1CC1. The van der Waals surface area contributed by atoms with E-state index >= 15 is 0 Å². The molecule has 1 aliphatic rings. The van der Waals surface area contributed by atoms with Gasteiger partial charge in [0.25, 0.3) is 5.91 Å². The minimum absolute atomic E-state index is 0.0552. The summed E-state index contributed by atoms with van der Waals surface area (Å²) in [7, 11) is 0. The normalized spacial score (nSPS) is 13.2. The third-order valence-corrected chi connectivity index (χ3v) is 4.47. The number of nitrogens with one attached hydrogen (secondary N) is 3. The standard InChI is InChI=1S/C19H20ClN3O2/c1-12-15(20)6-4-8-16(12)23-18(24)11-21-17-7-3-2-5-14(17)19(25)22-13-9-10-13/h2-8,13,21H,9-11H2,1H3,(H,22,25)(H,23,24). The van der Waals surface area contributed by atoms with Gasteiger partial charge in [0.1, 0.15) is 0 Å². The second-order valence-electron chi connectivity index (χ2n) is 6.11. The van der Waals surface area contributed by atoms with E-state index in [0.29, 0.717) is 22.0 Å².